The summed E-state index contributed by atoms with van der Waals surface area (Å²) in [5.74, 6) is 0.159. The minimum atomic E-state index is -0.370. The van der Waals surface area contributed by atoms with E-state index >= 15 is 0 Å². The summed E-state index contributed by atoms with van der Waals surface area (Å²) in [5.41, 5.74) is 0.956. The molecule has 22 heavy (non-hydrogen) atoms. The molecule has 0 saturated carbocycles. The number of likely N-dealkylation sites (tertiary alicyclic amines) is 1. The summed E-state index contributed by atoms with van der Waals surface area (Å²) in [5, 5.41) is 0. The number of Topliss-reactive ketones (excluding diaryl/α,β-unsaturated/α-hetero) is 1. The number of carbonyl (C=O) groups is 2. The van der Waals surface area contributed by atoms with Crippen LogP contribution in [0.5, 0.6) is 0 Å². The van der Waals surface area contributed by atoms with Gasteiger partial charge in [-0.15, -0.1) is 0 Å². The van der Waals surface area contributed by atoms with Gasteiger partial charge in [-0.1, -0.05) is 44.2 Å². The molecular formula is C18H25NO3. The van der Waals surface area contributed by atoms with Gasteiger partial charge in [-0.3, -0.25) is 9.69 Å². The summed E-state index contributed by atoms with van der Waals surface area (Å²) in [6.07, 6.45) is 3.12. The van der Waals surface area contributed by atoms with Gasteiger partial charge in [-0.25, -0.2) is 4.79 Å². The van der Waals surface area contributed by atoms with Gasteiger partial charge < -0.3 is 4.74 Å². The lowest BCUT2D eigenvalue weighted by Gasteiger charge is -2.35. The van der Waals surface area contributed by atoms with E-state index < -0.39 is 0 Å². The molecule has 0 radical (unpaired) electrons. The number of hydrogen-bond acceptors (Lipinski definition) is 3. The van der Waals surface area contributed by atoms with Crippen molar-refractivity contribution in [3.05, 3.63) is 35.9 Å². The van der Waals surface area contributed by atoms with Crippen molar-refractivity contribution in [2.75, 3.05) is 6.54 Å². The fourth-order valence-corrected chi connectivity index (χ4v) is 2.78. The molecule has 1 fully saturated rings. The Morgan fingerprint density at radius 2 is 2.00 bits per heavy atom. The molecule has 1 heterocycles. The number of ether oxygens (including phenoxy) is 1. The highest BCUT2D eigenvalue weighted by Crippen LogP contribution is 2.22. The molecule has 2 atom stereocenters. The van der Waals surface area contributed by atoms with E-state index in [2.05, 4.69) is 0 Å². The molecule has 0 aliphatic carbocycles. The lowest BCUT2D eigenvalue weighted by Crippen LogP contribution is -2.49. The number of carbonyl (C=O) groups excluding carboxylic acids is 2. The zero-order valence-electron chi connectivity index (χ0n) is 13.5. The maximum Gasteiger partial charge on any atom is 0.410 e. The minimum Gasteiger partial charge on any atom is -0.445 e. The molecule has 1 unspecified atom stereocenters. The lowest BCUT2D eigenvalue weighted by atomic mass is 9.91. The van der Waals surface area contributed by atoms with Crippen molar-refractivity contribution in [2.24, 2.45) is 5.92 Å². The van der Waals surface area contributed by atoms with Crippen molar-refractivity contribution in [2.45, 2.75) is 52.2 Å². The number of benzene rings is 1. The largest absolute Gasteiger partial charge is 0.445 e. The summed E-state index contributed by atoms with van der Waals surface area (Å²) in [6.45, 7) is 4.80. The third-order valence-corrected chi connectivity index (χ3v) is 4.37. The van der Waals surface area contributed by atoms with E-state index in [-0.39, 0.29) is 30.4 Å². The molecule has 2 rings (SSSR count). The first-order valence-electron chi connectivity index (χ1n) is 8.14. The van der Waals surface area contributed by atoms with Crippen LogP contribution in [0.1, 0.15) is 45.1 Å². The van der Waals surface area contributed by atoms with Crippen LogP contribution in [0.25, 0.3) is 0 Å². The van der Waals surface area contributed by atoms with Gasteiger partial charge in [0.2, 0.25) is 0 Å². The van der Waals surface area contributed by atoms with E-state index in [1.807, 2.05) is 44.2 Å². The SMILES string of the molecule is CCC(C)C(=O)[C@@H]1CCCCN1C(=O)OCc1ccccc1. The summed E-state index contributed by atoms with van der Waals surface area (Å²) in [7, 11) is 0. The third kappa shape index (κ3) is 4.09. The fourth-order valence-electron chi connectivity index (χ4n) is 2.78. The molecule has 0 spiro atoms. The smallest absolute Gasteiger partial charge is 0.410 e. The van der Waals surface area contributed by atoms with Crippen molar-refractivity contribution in [3.8, 4) is 0 Å². The standard InChI is InChI=1S/C18H25NO3/c1-3-14(2)17(20)16-11-7-8-12-19(16)18(21)22-13-15-9-5-4-6-10-15/h4-6,9-10,14,16H,3,7-8,11-13H2,1-2H3/t14?,16-/m0/s1. The average Bonchev–Trinajstić information content (AvgIpc) is 2.59. The number of hydrogen-bond donors (Lipinski definition) is 0. The van der Waals surface area contributed by atoms with Gasteiger partial charge in [0.15, 0.2) is 5.78 Å². The van der Waals surface area contributed by atoms with Gasteiger partial charge >= 0.3 is 6.09 Å². The molecule has 1 aromatic rings. The fraction of sp³-hybridized carbons (Fsp3) is 0.556. The van der Waals surface area contributed by atoms with Gasteiger partial charge in [0.05, 0.1) is 6.04 Å². The third-order valence-electron chi connectivity index (χ3n) is 4.37. The Labute approximate surface area is 132 Å². The van der Waals surface area contributed by atoms with Crippen LogP contribution >= 0.6 is 0 Å². The van der Waals surface area contributed by atoms with E-state index in [0.717, 1.165) is 31.2 Å². The number of rotatable bonds is 5. The predicted octanol–water partition coefficient (Wildman–Crippen LogP) is 3.79. The molecule has 0 N–H and O–H groups in total. The van der Waals surface area contributed by atoms with E-state index in [1.54, 1.807) is 4.90 Å². The Bertz CT molecular complexity index is 500. The van der Waals surface area contributed by atoms with Crippen molar-refractivity contribution < 1.29 is 14.3 Å². The van der Waals surface area contributed by atoms with Crippen LogP contribution in [-0.4, -0.2) is 29.4 Å². The lowest BCUT2D eigenvalue weighted by molar-refractivity contribution is -0.128. The number of nitrogens with zero attached hydrogens (tertiary/aromatic N) is 1. The van der Waals surface area contributed by atoms with Crippen LogP contribution in [0.15, 0.2) is 30.3 Å². The molecule has 4 nitrogen and oxygen atoms in total. The van der Waals surface area contributed by atoms with E-state index in [9.17, 15) is 9.59 Å². The monoisotopic (exact) mass is 303 g/mol. The van der Waals surface area contributed by atoms with Crippen molar-refractivity contribution in [1.29, 1.82) is 0 Å². The van der Waals surface area contributed by atoms with Crippen LogP contribution in [0.2, 0.25) is 0 Å². The summed E-state index contributed by atoms with van der Waals surface area (Å²) in [4.78, 5) is 26.4. The maximum absolute atomic E-state index is 12.5. The predicted molar refractivity (Wildman–Crippen MR) is 85.4 cm³/mol. The quantitative estimate of drug-likeness (QED) is 0.831. The molecule has 0 aromatic heterocycles. The molecule has 120 valence electrons. The molecule has 1 amide bonds. The van der Waals surface area contributed by atoms with Crippen LogP contribution < -0.4 is 0 Å². The van der Waals surface area contributed by atoms with Crippen molar-refractivity contribution in [3.63, 3.8) is 0 Å². The van der Waals surface area contributed by atoms with E-state index in [4.69, 9.17) is 4.74 Å². The second-order valence-electron chi connectivity index (χ2n) is 5.96. The Hall–Kier alpha value is -1.84. The summed E-state index contributed by atoms with van der Waals surface area (Å²) < 4.78 is 5.40. The highest BCUT2D eigenvalue weighted by atomic mass is 16.6. The first-order chi connectivity index (χ1) is 10.6. The maximum atomic E-state index is 12.5. The first-order valence-corrected chi connectivity index (χ1v) is 8.14. The van der Waals surface area contributed by atoms with Gasteiger partial charge in [-0.2, -0.15) is 0 Å². The topological polar surface area (TPSA) is 46.6 Å². The van der Waals surface area contributed by atoms with Crippen molar-refractivity contribution >= 4 is 11.9 Å². The minimum absolute atomic E-state index is 0.00692. The number of ketones is 1. The molecule has 1 aromatic carbocycles. The molecule has 4 heteroatoms. The van der Waals surface area contributed by atoms with Crippen molar-refractivity contribution in [1.82, 2.24) is 4.90 Å². The number of amides is 1. The molecule has 1 aliphatic heterocycles. The summed E-state index contributed by atoms with van der Waals surface area (Å²) in [6, 6.07) is 9.29. The number of piperidine rings is 1. The van der Waals surface area contributed by atoms with Crippen LogP contribution in [-0.2, 0) is 16.1 Å². The van der Waals surface area contributed by atoms with Gasteiger partial charge in [0.25, 0.3) is 0 Å². The van der Waals surface area contributed by atoms with Crippen LogP contribution in [0.3, 0.4) is 0 Å². The normalized spacial score (nSPS) is 19.5. The molecular weight excluding hydrogens is 278 g/mol. The molecule has 1 saturated heterocycles. The van der Waals surface area contributed by atoms with Gasteiger partial charge in [0.1, 0.15) is 6.61 Å². The molecule has 1 aliphatic rings. The average molecular weight is 303 g/mol. The highest BCUT2D eigenvalue weighted by Gasteiger charge is 2.34. The Balaban J connectivity index is 1.97. The summed E-state index contributed by atoms with van der Waals surface area (Å²) >= 11 is 0. The Morgan fingerprint density at radius 1 is 1.27 bits per heavy atom. The van der Waals surface area contributed by atoms with E-state index in [1.165, 1.54) is 0 Å². The second kappa shape index (κ2) is 7.97. The van der Waals surface area contributed by atoms with E-state index in [0.29, 0.717) is 6.54 Å². The zero-order valence-corrected chi connectivity index (χ0v) is 13.5. The van der Waals surface area contributed by atoms with Gasteiger partial charge in [-0.05, 0) is 31.2 Å². The zero-order chi connectivity index (χ0) is 15.9. The first kappa shape index (κ1) is 16.5. The van der Waals surface area contributed by atoms with Crippen LogP contribution in [0, 0.1) is 5.92 Å². The highest BCUT2D eigenvalue weighted by molar-refractivity contribution is 5.89. The molecule has 0 bridgehead atoms. The Morgan fingerprint density at radius 3 is 2.68 bits per heavy atom. The Kier molecular flexibility index (Phi) is 5.99. The van der Waals surface area contributed by atoms with Crippen LogP contribution in [0.4, 0.5) is 4.79 Å². The van der Waals surface area contributed by atoms with Gasteiger partial charge in [0, 0.05) is 12.5 Å². The second-order valence-corrected chi connectivity index (χ2v) is 5.96.